The number of carbonyl (C=O) groups excluding carboxylic acids is 1. The maximum absolute atomic E-state index is 15.1. The zero-order valence-electron chi connectivity index (χ0n) is 26.9. The van der Waals surface area contributed by atoms with Crippen molar-refractivity contribution in [2.24, 2.45) is 0 Å². The molecule has 0 saturated carbocycles. The molecule has 0 aliphatic carbocycles. The fourth-order valence-electron chi connectivity index (χ4n) is 7.16. The van der Waals surface area contributed by atoms with Gasteiger partial charge in [-0.25, -0.2) is 0 Å². The Bertz CT molecular complexity index is 2330. The molecule has 0 amide bonds. The number of hydrogen-bond acceptors (Lipinski definition) is 2. The van der Waals surface area contributed by atoms with Gasteiger partial charge in [0.15, 0.2) is 0 Å². The Hall–Kier alpha value is -6.14. The predicted molar refractivity (Wildman–Crippen MR) is 193 cm³/mol. The molecular weight excluding hydrogens is 629 g/mol. The van der Waals surface area contributed by atoms with Crippen LogP contribution in [-0.2, 0) is 12.7 Å². The summed E-state index contributed by atoms with van der Waals surface area (Å²) in [6.07, 6.45) is -4.49. The first-order valence-electron chi connectivity index (χ1n) is 16.5. The van der Waals surface area contributed by atoms with Gasteiger partial charge in [0.25, 0.3) is 0 Å². The topological polar surface area (TPSA) is 25.2 Å². The Kier molecular flexibility index (Phi) is 7.92. The predicted octanol–water partition coefficient (Wildman–Crippen LogP) is 11.0. The number of alkyl halides is 3. The van der Waals surface area contributed by atoms with Gasteiger partial charge in [0.2, 0.25) is 5.78 Å². The van der Waals surface area contributed by atoms with Crippen molar-refractivity contribution in [2.75, 3.05) is 4.90 Å². The molecule has 7 aromatic rings. The number of ketones is 1. The number of fused-ring (bicyclic) bond motifs is 3. The van der Waals surface area contributed by atoms with Crippen molar-refractivity contribution in [3.05, 3.63) is 215 Å². The van der Waals surface area contributed by atoms with Gasteiger partial charge in [-0.15, -0.1) is 0 Å². The smallest absolute Gasteiger partial charge is 0.337 e. The Morgan fingerprint density at radius 1 is 0.620 bits per heavy atom. The van der Waals surface area contributed by atoms with Gasteiger partial charge in [0, 0.05) is 39.8 Å². The Morgan fingerprint density at radius 2 is 1.18 bits per heavy atom. The number of nitrogens with zero attached hydrogens (tertiary/aromatic N) is 2. The second-order valence-electron chi connectivity index (χ2n) is 12.4. The van der Waals surface area contributed by atoms with Crippen molar-refractivity contribution in [1.29, 1.82) is 0 Å². The Balaban J connectivity index is 1.54. The van der Waals surface area contributed by atoms with Crippen molar-refractivity contribution in [1.82, 2.24) is 4.57 Å². The van der Waals surface area contributed by atoms with Crippen LogP contribution in [0.1, 0.15) is 49.9 Å². The van der Waals surface area contributed by atoms with Crippen LogP contribution in [0.25, 0.3) is 16.5 Å². The molecule has 0 saturated heterocycles. The van der Waals surface area contributed by atoms with E-state index in [4.69, 9.17) is 0 Å². The maximum Gasteiger partial charge on any atom is 0.416 e. The zero-order valence-corrected chi connectivity index (χ0v) is 26.9. The summed E-state index contributed by atoms with van der Waals surface area (Å²) in [5, 5.41) is 0.959. The molecule has 6 aromatic carbocycles. The highest BCUT2D eigenvalue weighted by Gasteiger charge is 2.42. The first-order valence-corrected chi connectivity index (χ1v) is 16.5. The number of aromatic nitrogens is 1. The summed E-state index contributed by atoms with van der Waals surface area (Å²) in [5.74, 6) is -0.184. The fourth-order valence-corrected chi connectivity index (χ4v) is 7.16. The SMILES string of the molecule is O=C(C1=C(c2ccccc2)c2c(n(Cc3ccccc3)c3ccccc23)C(c2ccc(C(F)(F)F)cc2)N1c1ccccc1)c1ccccc1. The molecule has 2 heterocycles. The van der Waals surface area contributed by atoms with Crippen LogP contribution in [0.4, 0.5) is 18.9 Å². The van der Waals surface area contributed by atoms with Crippen LogP contribution < -0.4 is 4.90 Å². The van der Waals surface area contributed by atoms with E-state index in [0.29, 0.717) is 23.4 Å². The summed E-state index contributed by atoms with van der Waals surface area (Å²) < 4.78 is 44.0. The largest absolute Gasteiger partial charge is 0.416 e. The van der Waals surface area contributed by atoms with E-state index in [1.54, 1.807) is 12.1 Å². The van der Waals surface area contributed by atoms with Crippen LogP contribution in [0.3, 0.4) is 0 Å². The number of anilines is 1. The summed E-state index contributed by atoms with van der Waals surface area (Å²) in [5.41, 5.74) is 7.06. The highest BCUT2D eigenvalue weighted by atomic mass is 19.4. The molecule has 1 aromatic heterocycles. The number of para-hydroxylation sites is 2. The number of benzene rings is 6. The molecule has 1 unspecified atom stereocenters. The number of hydrogen-bond donors (Lipinski definition) is 0. The van der Waals surface area contributed by atoms with Gasteiger partial charge < -0.3 is 9.47 Å². The molecule has 1 aliphatic heterocycles. The molecule has 3 nitrogen and oxygen atoms in total. The number of carbonyl (C=O) groups is 1. The van der Waals surface area contributed by atoms with E-state index in [2.05, 4.69) is 28.8 Å². The fraction of sp³-hybridized carbons (Fsp3) is 0.0682. The molecular formula is C44H31F3N2O. The van der Waals surface area contributed by atoms with Gasteiger partial charge >= 0.3 is 6.18 Å². The van der Waals surface area contributed by atoms with E-state index in [1.165, 1.54) is 0 Å². The molecule has 0 fully saturated rings. The average Bonchev–Trinajstić information content (AvgIpc) is 3.48. The molecule has 244 valence electrons. The van der Waals surface area contributed by atoms with Crippen LogP contribution in [0.15, 0.2) is 176 Å². The monoisotopic (exact) mass is 660 g/mol. The van der Waals surface area contributed by atoms with Gasteiger partial charge in [-0.1, -0.05) is 140 Å². The van der Waals surface area contributed by atoms with Crippen molar-refractivity contribution in [3.8, 4) is 0 Å². The van der Waals surface area contributed by atoms with E-state index >= 15 is 4.79 Å². The van der Waals surface area contributed by atoms with E-state index in [1.807, 2.05) is 126 Å². The molecule has 0 spiro atoms. The molecule has 0 bridgehead atoms. The Labute approximate surface area is 288 Å². The minimum Gasteiger partial charge on any atom is -0.337 e. The summed E-state index contributed by atoms with van der Waals surface area (Å²) in [4.78, 5) is 17.1. The summed E-state index contributed by atoms with van der Waals surface area (Å²) in [7, 11) is 0. The minimum absolute atomic E-state index is 0.184. The lowest BCUT2D eigenvalue weighted by atomic mass is 9.82. The second kappa shape index (κ2) is 12.7. The van der Waals surface area contributed by atoms with Crippen molar-refractivity contribution >= 4 is 27.9 Å². The standard InChI is InChI=1S/C44H31F3N2O/c45-44(46,47)34-27-25-32(26-28-34)40-41-39(36-23-13-14-24-37(36)48(41)29-30-15-5-1-6-16-30)38(31-17-7-2-8-18-31)42(43(50)33-19-9-3-10-20-33)49(40)35-21-11-4-12-22-35/h1-28,40H,29H2. The quantitative estimate of drug-likeness (QED) is 0.159. The van der Waals surface area contributed by atoms with E-state index in [9.17, 15) is 13.2 Å². The lowest BCUT2D eigenvalue weighted by Gasteiger charge is -2.41. The lowest BCUT2D eigenvalue weighted by Crippen LogP contribution is -2.38. The van der Waals surface area contributed by atoms with Gasteiger partial charge in [-0.2, -0.15) is 13.2 Å². The highest BCUT2D eigenvalue weighted by Crippen LogP contribution is 2.51. The molecule has 1 atom stereocenters. The molecule has 0 N–H and O–H groups in total. The highest BCUT2D eigenvalue weighted by molar-refractivity contribution is 6.20. The third kappa shape index (κ3) is 5.49. The van der Waals surface area contributed by atoms with Crippen LogP contribution >= 0.6 is 0 Å². The molecule has 1 aliphatic rings. The van der Waals surface area contributed by atoms with Crippen molar-refractivity contribution in [3.63, 3.8) is 0 Å². The normalized spacial score (nSPS) is 14.5. The minimum atomic E-state index is -4.49. The lowest BCUT2D eigenvalue weighted by molar-refractivity contribution is -0.137. The average molecular weight is 661 g/mol. The first-order chi connectivity index (χ1) is 24.4. The van der Waals surface area contributed by atoms with Gasteiger partial charge in [0.1, 0.15) is 6.04 Å². The zero-order chi connectivity index (χ0) is 34.2. The van der Waals surface area contributed by atoms with Crippen LogP contribution in [0.5, 0.6) is 0 Å². The van der Waals surface area contributed by atoms with E-state index in [-0.39, 0.29) is 5.78 Å². The third-order valence-electron chi connectivity index (χ3n) is 9.34. The van der Waals surface area contributed by atoms with E-state index < -0.39 is 17.8 Å². The Morgan fingerprint density at radius 3 is 1.82 bits per heavy atom. The number of halogens is 3. The third-order valence-corrected chi connectivity index (χ3v) is 9.34. The van der Waals surface area contributed by atoms with Gasteiger partial charge in [-0.05, 0) is 47.0 Å². The first kappa shape index (κ1) is 31.1. The molecule has 6 heteroatoms. The number of Topliss-reactive ketones (excluding diaryl/α,β-unsaturated/α-hetero) is 1. The van der Waals surface area contributed by atoms with Gasteiger partial charge in [0.05, 0.1) is 17.0 Å². The van der Waals surface area contributed by atoms with Crippen LogP contribution in [-0.4, -0.2) is 10.4 Å². The molecule has 0 radical (unpaired) electrons. The summed E-state index contributed by atoms with van der Waals surface area (Å²) in [6, 6.07) is 51.7. The summed E-state index contributed by atoms with van der Waals surface area (Å²) >= 11 is 0. The van der Waals surface area contributed by atoms with Gasteiger partial charge in [-0.3, -0.25) is 4.79 Å². The summed E-state index contributed by atoms with van der Waals surface area (Å²) in [6.45, 7) is 0.514. The van der Waals surface area contributed by atoms with Crippen molar-refractivity contribution < 1.29 is 18.0 Å². The van der Waals surface area contributed by atoms with E-state index in [0.717, 1.165) is 56.7 Å². The van der Waals surface area contributed by atoms with Crippen molar-refractivity contribution in [2.45, 2.75) is 18.8 Å². The number of rotatable bonds is 7. The maximum atomic E-state index is 15.1. The molecule has 8 rings (SSSR count). The van der Waals surface area contributed by atoms with Crippen LogP contribution in [0, 0.1) is 0 Å². The van der Waals surface area contributed by atoms with Crippen LogP contribution in [0.2, 0.25) is 0 Å². The second-order valence-corrected chi connectivity index (χ2v) is 12.4. The number of allylic oxidation sites excluding steroid dienone is 1. The molecule has 50 heavy (non-hydrogen) atoms.